The Hall–Kier alpha value is -1.79. The van der Waals surface area contributed by atoms with Gasteiger partial charge in [0, 0.05) is 20.4 Å². The number of nitrogens with one attached hydrogen (secondary N) is 2. The van der Waals surface area contributed by atoms with Gasteiger partial charge in [0.2, 0.25) is 5.91 Å². The van der Waals surface area contributed by atoms with Gasteiger partial charge in [-0.1, -0.05) is 110 Å². The van der Waals surface area contributed by atoms with Crippen molar-refractivity contribution in [2.24, 2.45) is 0 Å². The summed E-state index contributed by atoms with van der Waals surface area (Å²) in [6.07, 6.45) is 21.4. The molecule has 1 aromatic rings. The summed E-state index contributed by atoms with van der Waals surface area (Å²) >= 11 is 0. The number of rotatable bonds is 20. The minimum absolute atomic E-state index is 0. The van der Waals surface area contributed by atoms with E-state index in [1.54, 1.807) is 0 Å². The summed E-state index contributed by atoms with van der Waals surface area (Å²) in [5, 5.41) is 18.0. The van der Waals surface area contributed by atoms with Gasteiger partial charge in [-0.05, 0) is 37.0 Å². The van der Waals surface area contributed by atoms with Crippen molar-refractivity contribution in [3.05, 3.63) is 23.8 Å². The number of benzene rings is 1. The molecule has 39 heavy (non-hydrogen) atoms. The van der Waals surface area contributed by atoms with Gasteiger partial charge in [0.15, 0.2) is 11.5 Å². The van der Waals surface area contributed by atoms with Gasteiger partial charge >= 0.3 is 0 Å². The van der Waals surface area contributed by atoms with Gasteiger partial charge in [0.25, 0.3) is 0 Å². The third-order valence-corrected chi connectivity index (χ3v) is 8.12. The molecule has 3 rings (SSSR count). The quantitative estimate of drug-likeness (QED) is 0.144. The maximum absolute atomic E-state index is 12.8. The highest BCUT2D eigenvalue weighted by atomic mass is 16.6. The molecular formula is C33H60N2O4. The van der Waals surface area contributed by atoms with Crippen LogP contribution in [0.4, 0.5) is 0 Å². The SMILES string of the molecule is C.CCCCCCCCCCCCCCCC(=O)N[C@H](CNC1CCCC1)[C@H](O)c1ccc2c(c1)OCCO2.[HH]. The first-order valence-corrected chi connectivity index (χ1v) is 15.8. The Morgan fingerprint density at radius 3 is 2.08 bits per heavy atom. The molecule has 1 amide bonds. The molecule has 0 bridgehead atoms. The van der Waals surface area contributed by atoms with E-state index in [0.717, 1.165) is 18.4 Å². The Kier molecular flexibility index (Phi) is 17.3. The molecule has 1 aliphatic heterocycles. The van der Waals surface area contributed by atoms with Gasteiger partial charge in [-0.25, -0.2) is 0 Å². The van der Waals surface area contributed by atoms with Crippen LogP contribution in [0.5, 0.6) is 11.5 Å². The number of fused-ring (bicyclic) bond motifs is 1. The molecule has 3 N–H and O–H groups in total. The summed E-state index contributed by atoms with van der Waals surface area (Å²) in [5.74, 6) is 1.40. The van der Waals surface area contributed by atoms with Crippen molar-refractivity contribution in [3.8, 4) is 11.5 Å². The second kappa shape index (κ2) is 20.1. The Balaban J connectivity index is 0.00000400. The van der Waals surface area contributed by atoms with Gasteiger partial charge in [0.1, 0.15) is 19.3 Å². The molecule has 0 radical (unpaired) electrons. The summed E-state index contributed by atoms with van der Waals surface area (Å²) in [6, 6.07) is 5.67. The van der Waals surface area contributed by atoms with Crippen LogP contribution in [-0.4, -0.2) is 42.9 Å². The summed E-state index contributed by atoms with van der Waals surface area (Å²) in [6.45, 7) is 3.88. The first-order chi connectivity index (χ1) is 18.7. The molecule has 1 fully saturated rings. The van der Waals surface area contributed by atoms with Gasteiger partial charge in [-0.3, -0.25) is 4.79 Å². The number of unbranched alkanes of at least 4 members (excludes halogenated alkanes) is 12. The number of aliphatic hydroxyl groups excluding tert-OH is 1. The summed E-state index contributed by atoms with van der Waals surface area (Å²) in [5.41, 5.74) is 0.744. The zero-order chi connectivity index (χ0) is 26.8. The van der Waals surface area contributed by atoms with Crippen LogP contribution in [0.1, 0.15) is 143 Å². The predicted molar refractivity (Wildman–Crippen MR) is 164 cm³/mol. The Labute approximate surface area is 240 Å². The van der Waals surface area contributed by atoms with Crippen LogP contribution in [0.15, 0.2) is 18.2 Å². The first kappa shape index (κ1) is 33.4. The lowest BCUT2D eigenvalue weighted by atomic mass is 10.0. The molecule has 1 saturated carbocycles. The fraction of sp³-hybridized carbons (Fsp3) is 0.788. The van der Waals surface area contributed by atoms with Crippen molar-refractivity contribution in [1.82, 2.24) is 10.6 Å². The molecule has 2 atom stereocenters. The van der Waals surface area contributed by atoms with E-state index < -0.39 is 6.10 Å². The molecular weight excluding hydrogens is 488 g/mol. The topological polar surface area (TPSA) is 79.8 Å². The average molecular weight is 549 g/mol. The minimum atomic E-state index is -0.810. The van der Waals surface area contributed by atoms with Gasteiger partial charge in [0.05, 0.1) is 6.04 Å². The zero-order valence-corrected chi connectivity index (χ0v) is 24.0. The predicted octanol–water partition coefficient (Wildman–Crippen LogP) is 7.87. The molecule has 0 spiro atoms. The van der Waals surface area contributed by atoms with Crippen LogP contribution in [0, 0.1) is 0 Å². The highest BCUT2D eigenvalue weighted by Crippen LogP contribution is 2.33. The molecule has 1 heterocycles. The second-order valence-corrected chi connectivity index (χ2v) is 11.4. The van der Waals surface area contributed by atoms with Crippen molar-refractivity contribution in [1.29, 1.82) is 0 Å². The van der Waals surface area contributed by atoms with Crippen molar-refractivity contribution in [2.75, 3.05) is 19.8 Å². The van der Waals surface area contributed by atoms with Gasteiger partial charge in [-0.2, -0.15) is 0 Å². The fourth-order valence-corrected chi connectivity index (χ4v) is 5.72. The van der Waals surface area contributed by atoms with Crippen molar-refractivity contribution >= 4 is 5.91 Å². The monoisotopic (exact) mass is 548 g/mol. The maximum atomic E-state index is 12.8. The van der Waals surface area contributed by atoms with Crippen molar-refractivity contribution in [2.45, 2.75) is 148 Å². The number of hydrogen-bond acceptors (Lipinski definition) is 5. The Morgan fingerprint density at radius 1 is 0.897 bits per heavy atom. The number of hydrogen-bond donors (Lipinski definition) is 3. The van der Waals surface area contributed by atoms with Crippen LogP contribution in [0.2, 0.25) is 0 Å². The molecule has 226 valence electrons. The fourth-order valence-electron chi connectivity index (χ4n) is 5.72. The van der Waals surface area contributed by atoms with E-state index in [4.69, 9.17) is 9.47 Å². The number of amides is 1. The van der Waals surface area contributed by atoms with E-state index in [0.29, 0.717) is 43.7 Å². The molecule has 2 aliphatic rings. The van der Waals surface area contributed by atoms with E-state index in [1.807, 2.05) is 18.2 Å². The molecule has 1 aromatic carbocycles. The average Bonchev–Trinajstić information content (AvgIpc) is 3.46. The summed E-state index contributed by atoms with van der Waals surface area (Å²) in [4.78, 5) is 12.8. The molecule has 6 nitrogen and oxygen atoms in total. The number of aliphatic hydroxyl groups is 1. The van der Waals surface area contributed by atoms with E-state index in [2.05, 4.69) is 17.6 Å². The van der Waals surface area contributed by atoms with Crippen molar-refractivity contribution in [3.63, 3.8) is 0 Å². The molecule has 6 heteroatoms. The van der Waals surface area contributed by atoms with E-state index in [9.17, 15) is 9.90 Å². The molecule has 1 aliphatic carbocycles. The summed E-state index contributed by atoms with van der Waals surface area (Å²) in [7, 11) is 0. The lowest BCUT2D eigenvalue weighted by molar-refractivity contribution is -0.122. The van der Waals surface area contributed by atoms with E-state index in [-0.39, 0.29) is 20.8 Å². The minimum Gasteiger partial charge on any atom is -0.486 e. The Morgan fingerprint density at radius 2 is 1.46 bits per heavy atom. The standard InChI is InChI=1S/C32H54N2O4.CH4.H2/c1-2-3-4-5-6-7-8-9-10-11-12-13-14-19-31(35)34-28(25-33-27-17-15-16-18-27)32(36)26-20-21-29-30(24-26)38-23-22-37-29;;/h20-21,24,27-28,32-33,36H,2-19,22-23,25H2,1H3,(H,34,35);1H4;1H/t28-,32-;;/m1../s1. The number of ether oxygens (including phenoxy) is 2. The third-order valence-electron chi connectivity index (χ3n) is 8.12. The molecule has 0 unspecified atom stereocenters. The van der Waals surface area contributed by atoms with Crippen LogP contribution >= 0.6 is 0 Å². The lowest BCUT2D eigenvalue weighted by Gasteiger charge is -2.27. The lowest BCUT2D eigenvalue weighted by Crippen LogP contribution is -2.47. The van der Waals surface area contributed by atoms with Crippen LogP contribution in [0.25, 0.3) is 0 Å². The van der Waals surface area contributed by atoms with Gasteiger partial charge in [-0.15, -0.1) is 0 Å². The van der Waals surface area contributed by atoms with Crippen LogP contribution in [-0.2, 0) is 4.79 Å². The van der Waals surface area contributed by atoms with Gasteiger partial charge < -0.3 is 25.2 Å². The van der Waals surface area contributed by atoms with E-state index in [1.165, 1.54) is 96.3 Å². The number of carbonyl (C=O) groups is 1. The maximum Gasteiger partial charge on any atom is 0.220 e. The third kappa shape index (κ3) is 12.9. The largest absolute Gasteiger partial charge is 0.486 e. The molecule has 0 saturated heterocycles. The first-order valence-electron chi connectivity index (χ1n) is 15.8. The Bertz CT molecular complexity index is 788. The zero-order valence-electron chi connectivity index (χ0n) is 24.0. The smallest absolute Gasteiger partial charge is 0.220 e. The van der Waals surface area contributed by atoms with Crippen LogP contribution < -0.4 is 20.1 Å². The normalized spacial score (nSPS) is 16.5. The van der Waals surface area contributed by atoms with Crippen molar-refractivity contribution < 1.29 is 20.8 Å². The highest BCUT2D eigenvalue weighted by Gasteiger charge is 2.26. The second-order valence-electron chi connectivity index (χ2n) is 11.4. The van der Waals surface area contributed by atoms with E-state index >= 15 is 0 Å². The molecule has 0 aromatic heterocycles. The van der Waals surface area contributed by atoms with Crippen LogP contribution in [0.3, 0.4) is 0 Å². The number of carbonyl (C=O) groups excluding carboxylic acids is 1. The highest BCUT2D eigenvalue weighted by molar-refractivity contribution is 5.76. The summed E-state index contributed by atoms with van der Waals surface area (Å²) < 4.78 is 11.3.